The van der Waals surface area contributed by atoms with Gasteiger partial charge in [-0.3, -0.25) is 14.4 Å². The molecule has 1 saturated heterocycles. The highest BCUT2D eigenvalue weighted by molar-refractivity contribution is 6.06. The van der Waals surface area contributed by atoms with Crippen molar-refractivity contribution in [3.05, 3.63) is 76.0 Å². The largest absolute Gasteiger partial charge is 0.352 e. The molecule has 7 nitrogen and oxygen atoms in total. The number of rotatable bonds is 2. The molecule has 136 valence electrons. The zero-order chi connectivity index (χ0) is 19.0. The monoisotopic (exact) mass is 366 g/mol. The van der Waals surface area contributed by atoms with Gasteiger partial charge in [-0.25, -0.2) is 9.49 Å². The Bertz CT molecular complexity index is 1110. The lowest BCUT2D eigenvalue weighted by atomic mass is 10.0. The maximum atomic E-state index is 13.7. The van der Waals surface area contributed by atoms with Crippen molar-refractivity contribution in [1.29, 1.82) is 0 Å². The first-order chi connectivity index (χ1) is 13.1. The second kappa shape index (κ2) is 6.64. The molecule has 1 aliphatic rings. The molecule has 2 amide bonds. The van der Waals surface area contributed by atoms with Crippen molar-refractivity contribution in [2.24, 2.45) is 0 Å². The van der Waals surface area contributed by atoms with Crippen molar-refractivity contribution >= 4 is 22.6 Å². The summed E-state index contributed by atoms with van der Waals surface area (Å²) in [7, 11) is 0. The fraction of sp³-hybridized carbons (Fsp3) is 0.158. The van der Waals surface area contributed by atoms with Gasteiger partial charge >= 0.3 is 0 Å². The number of benzene rings is 2. The number of halogens is 1. The zero-order valence-corrected chi connectivity index (χ0v) is 14.1. The van der Waals surface area contributed by atoms with Crippen LogP contribution < -0.4 is 10.9 Å². The minimum atomic E-state index is -0.977. The summed E-state index contributed by atoms with van der Waals surface area (Å²) in [5, 5.41) is 9.67. The van der Waals surface area contributed by atoms with Crippen molar-refractivity contribution in [1.82, 2.24) is 20.4 Å². The number of aromatic amines is 1. The van der Waals surface area contributed by atoms with E-state index in [2.05, 4.69) is 15.5 Å². The van der Waals surface area contributed by atoms with Crippen molar-refractivity contribution in [3.8, 4) is 0 Å². The zero-order valence-electron chi connectivity index (χ0n) is 14.1. The van der Waals surface area contributed by atoms with Crippen LogP contribution in [0.25, 0.3) is 10.8 Å². The third-order valence-electron chi connectivity index (χ3n) is 4.54. The molecule has 27 heavy (non-hydrogen) atoms. The summed E-state index contributed by atoms with van der Waals surface area (Å²) in [5.41, 5.74) is 0.0100. The summed E-state index contributed by atoms with van der Waals surface area (Å²) in [6, 6.07) is 11.2. The van der Waals surface area contributed by atoms with Crippen LogP contribution in [0.2, 0.25) is 0 Å². The standard InChI is InChI=1S/C19H15FN4O3/c20-12-5-3-4-11(10-12)16-18(26)21-8-9-24(16)19(27)15-13-6-1-2-7-14(13)17(25)23-22-15/h1-7,10,16H,8-9H2,(H,21,26)(H,23,25). The first-order valence-corrected chi connectivity index (χ1v) is 8.38. The molecule has 0 radical (unpaired) electrons. The van der Waals surface area contributed by atoms with Crippen LogP contribution >= 0.6 is 0 Å². The van der Waals surface area contributed by atoms with E-state index >= 15 is 0 Å². The van der Waals surface area contributed by atoms with Gasteiger partial charge in [0.25, 0.3) is 11.5 Å². The summed E-state index contributed by atoms with van der Waals surface area (Å²) in [5.74, 6) is -1.40. The van der Waals surface area contributed by atoms with Crippen LogP contribution in [0.4, 0.5) is 4.39 Å². The Morgan fingerprint density at radius 2 is 1.89 bits per heavy atom. The Morgan fingerprint density at radius 1 is 1.11 bits per heavy atom. The summed E-state index contributed by atoms with van der Waals surface area (Å²) < 4.78 is 13.7. The minimum absolute atomic E-state index is 0.0429. The fourth-order valence-corrected chi connectivity index (χ4v) is 3.31. The number of nitrogens with one attached hydrogen (secondary N) is 2. The van der Waals surface area contributed by atoms with Gasteiger partial charge in [0.1, 0.15) is 11.9 Å². The van der Waals surface area contributed by atoms with Crippen molar-refractivity contribution < 1.29 is 14.0 Å². The lowest BCUT2D eigenvalue weighted by Crippen LogP contribution is -2.52. The number of carbonyl (C=O) groups is 2. The van der Waals surface area contributed by atoms with E-state index in [1.165, 1.54) is 23.1 Å². The Hall–Kier alpha value is -3.55. The smallest absolute Gasteiger partial charge is 0.275 e. The number of aromatic nitrogens is 2. The molecule has 1 unspecified atom stereocenters. The fourth-order valence-electron chi connectivity index (χ4n) is 3.31. The molecule has 2 N–H and O–H groups in total. The highest BCUT2D eigenvalue weighted by Gasteiger charge is 2.36. The van der Waals surface area contributed by atoms with Gasteiger partial charge in [-0.2, -0.15) is 5.10 Å². The van der Waals surface area contributed by atoms with Crippen LogP contribution in [0.5, 0.6) is 0 Å². The molecule has 4 rings (SSSR count). The first kappa shape index (κ1) is 16.9. The third-order valence-corrected chi connectivity index (χ3v) is 4.54. The Labute approximate surface area is 152 Å². The van der Waals surface area contributed by atoms with Gasteiger partial charge < -0.3 is 10.2 Å². The Morgan fingerprint density at radius 3 is 2.67 bits per heavy atom. The number of nitrogens with zero attached hydrogens (tertiary/aromatic N) is 2. The molecule has 2 heterocycles. The average Bonchev–Trinajstić information content (AvgIpc) is 2.68. The second-order valence-electron chi connectivity index (χ2n) is 6.19. The van der Waals surface area contributed by atoms with Crippen LogP contribution in [0.1, 0.15) is 22.1 Å². The predicted octanol–water partition coefficient (Wildman–Crippen LogP) is 1.38. The second-order valence-corrected chi connectivity index (χ2v) is 6.19. The van der Waals surface area contributed by atoms with Crippen molar-refractivity contribution in [3.63, 3.8) is 0 Å². The molecule has 3 aromatic rings. The van der Waals surface area contributed by atoms with Gasteiger partial charge in [-0.05, 0) is 23.8 Å². The lowest BCUT2D eigenvalue weighted by Gasteiger charge is -2.35. The topological polar surface area (TPSA) is 95.2 Å². The average molecular weight is 366 g/mol. The van der Waals surface area contributed by atoms with Gasteiger partial charge in [0.2, 0.25) is 5.91 Å². The molecule has 1 fully saturated rings. The SMILES string of the molecule is O=C1NCCN(C(=O)c2n[nH]c(=O)c3ccccc23)C1c1cccc(F)c1. The summed E-state index contributed by atoms with van der Waals surface area (Å²) in [4.78, 5) is 39.0. The summed E-state index contributed by atoms with van der Waals surface area (Å²) >= 11 is 0. The molecular weight excluding hydrogens is 351 g/mol. The van der Waals surface area contributed by atoms with E-state index in [1.54, 1.807) is 30.3 Å². The van der Waals surface area contributed by atoms with E-state index in [4.69, 9.17) is 0 Å². The van der Waals surface area contributed by atoms with Gasteiger partial charge in [0.05, 0.1) is 5.39 Å². The maximum absolute atomic E-state index is 13.7. The molecule has 0 bridgehead atoms. The summed E-state index contributed by atoms with van der Waals surface area (Å²) in [6.45, 7) is 0.512. The van der Waals surface area contributed by atoms with E-state index < -0.39 is 29.2 Å². The number of hydrogen-bond acceptors (Lipinski definition) is 4. The quantitative estimate of drug-likeness (QED) is 0.716. The highest BCUT2D eigenvalue weighted by atomic mass is 19.1. The molecule has 0 spiro atoms. The van der Waals surface area contributed by atoms with Crippen LogP contribution in [0.3, 0.4) is 0 Å². The van der Waals surface area contributed by atoms with Gasteiger partial charge in [0, 0.05) is 18.5 Å². The molecule has 0 saturated carbocycles. The number of hydrogen-bond donors (Lipinski definition) is 2. The van der Waals surface area contributed by atoms with E-state index in [-0.39, 0.29) is 18.8 Å². The Kier molecular flexibility index (Phi) is 4.15. The minimum Gasteiger partial charge on any atom is -0.352 e. The molecule has 1 atom stereocenters. The molecule has 1 aliphatic heterocycles. The van der Waals surface area contributed by atoms with E-state index in [0.717, 1.165) is 0 Å². The Balaban J connectivity index is 1.81. The van der Waals surface area contributed by atoms with Gasteiger partial charge in [0.15, 0.2) is 5.69 Å². The summed E-state index contributed by atoms with van der Waals surface area (Å²) in [6.07, 6.45) is 0. The van der Waals surface area contributed by atoms with Crippen LogP contribution in [-0.2, 0) is 4.79 Å². The van der Waals surface area contributed by atoms with Crippen LogP contribution in [-0.4, -0.2) is 40.0 Å². The highest BCUT2D eigenvalue weighted by Crippen LogP contribution is 2.26. The lowest BCUT2D eigenvalue weighted by molar-refractivity contribution is -0.128. The van der Waals surface area contributed by atoms with Crippen LogP contribution in [0, 0.1) is 5.82 Å². The first-order valence-electron chi connectivity index (χ1n) is 8.38. The van der Waals surface area contributed by atoms with E-state index in [0.29, 0.717) is 16.3 Å². The van der Waals surface area contributed by atoms with Crippen LogP contribution in [0.15, 0.2) is 53.3 Å². The number of fused-ring (bicyclic) bond motifs is 1. The van der Waals surface area contributed by atoms with E-state index in [9.17, 15) is 18.8 Å². The molecule has 8 heteroatoms. The van der Waals surface area contributed by atoms with E-state index in [1.807, 2.05) is 0 Å². The number of carbonyl (C=O) groups excluding carboxylic acids is 2. The number of piperazine rings is 1. The van der Waals surface area contributed by atoms with Crippen molar-refractivity contribution in [2.45, 2.75) is 6.04 Å². The molecule has 0 aliphatic carbocycles. The van der Waals surface area contributed by atoms with Crippen molar-refractivity contribution in [2.75, 3.05) is 13.1 Å². The molecular formula is C19H15FN4O3. The normalized spacial score (nSPS) is 17.0. The molecule has 1 aromatic heterocycles. The van der Waals surface area contributed by atoms with Gasteiger partial charge in [-0.1, -0.05) is 30.3 Å². The number of H-pyrrole nitrogens is 1. The third kappa shape index (κ3) is 2.95. The predicted molar refractivity (Wildman–Crippen MR) is 95.6 cm³/mol. The molecule has 2 aromatic carbocycles. The maximum Gasteiger partial charge on any atom is 0.275 e. The number of amides is 2. The van der Waals surface area contributed by atoms with Gasteiger partial charge in [-0.15, -0.1) is 0 Å².